The third-order valence-corrected chi connectivity index (χ3v) is 4.30. The molecule has 2 unspecified atom stereocenters. The molecule has 1 N–H and O–H groups in total. The van der Waals surface area contributed by atoms with Gasteiger partial charge in [0.2, 0.25) is 0 Å². The summed E-state index contributed by atoms with van der Waals surface area (Å²) >= 11 is 0. The lowest BCUT2D eigenvalue weighted by Gasteiger charge is -2.37. The predicted octanol–water partition coefficient (Wildman–Crippen LogP) is 2.70. The average molecular weight is 277 g/mol. The number of nitrogens with one attached hydrogen (secondary N) is 1. The molecule has 2 atom stereocenters. The Kier molecular flexibility index (Phi) is 4.82. The van der Waals surface area contributed by atoms with E-state index in [1.54, 1.807) is 0 Å². The minimum atomic E-state index is -0.426. The van der Waals surface area contributed by atoms with Gasteiger partial charge in [-0.3, -0.25) is 0 Å². The third kappa shape index (κ3) is 3.70. The Hall–Kier alpha value is -1.14. The molecule has 0 bridgehead atoms. The fraction of sp³-hybridized carbons (Fsp3) is 0.765. The van der Waals surface area contributed by atoms with Crippen molar-refractivity contribution in [2.24, 2.45) is 16.7 Å². The van der Waals surface area contributed by atoms with E-state index in [1.807, 2.05) is 20.8 Å². The molecular weight excluding hydrogens is 248 g/mol. The van der Waals surface area contributed by atoms with E-state index in [4.69, 9.17) is 5.26 Å². The predicted molar refractivity (Wildman–Crippen MR) is 80.8 cm³/mol. The van der Waals surface area contributed by atoms with Crippen LogP contribution in [0.15, 0.2) is 11.3 Å². The number of carbonyl (C=O) groups is 1. The van der Waals surface area contributed by atoms with Crippen LogP contribution in [0.2, 0.25) is 0 Å². The molecular formula is C17H29N2O+. The summed E-state index contributed by atoms with van der Waals surface area (Å²) < 4.78 is 0. The smallest absolute Gasteiger partial charge is 0.231 e. The standard InChI is InChI=1S/C17H28N2O/c1-12-10-17(6,7)11-14(13(12)2)19(9-8-18)15(20)16(3,4)5/h12H,9-11H2,1-7H3/p+1. The maximum atomic E-state index is 12.7. The second-order valence-corrected chi connectivity index (χ2v) is 8.00. The van der Waals surface area contributed by atoms with Crippen molar-refractivity contribution in [3.8, 4) is 6.07 Å². The van der Waals surface area contributed by atoms with Gasteiger partial charge in [0.05, 0.1) is 5.41 Å². The first kappa shape index (κ1) is 16.9. The molecule has 0 spiro atoms. The second kappa shape index (κ2) is 5.69. The highest BCUT2D eigenvalue weighted by Crippen LogP contribution is 2.40. The highest BCUT2D eigenvalue weighted by atomic mass is 16.2. The van der Waals surface area contributed by atoms with Gasteiger partial charge in [0.25, 0.3) is 0 Å². The monoisotopic (exact) mass is 277 g/mol. The average Bonchev–Trinajstić information content (AvgIpc) is 2.28. The summed E-state index contributed by atoms with van der Waals surface area (Å²) in [4.78, 5) is 13.4. The van der Waals surface area contributed by atoms with E-state index in [0.717, 1.165) is 23.4 Å². The van der Waals surface area contributed by atoms with Crippen molar-refractivity contribution < 1.29 is 9.69 Å². The minimum absolute atomic E-state index is 0.123. The molecule has 1 aliphatic carbocycles. The largest absolute Gasteiger partial charge is 0.322 e. The Balaban J connectivity index is 3.24. The van der Waals surface area contributed by atoms with Gasteiger partial charge in [-0.15, -0.1) is 0 Å². The summed E-state index contributed by atoms with van der Waals surface area (Å²) in [5.41, 5.74) is 2.22. The molecule has 0 radical (unpaired) electrons. The van der Waals surface area contributed by atoms with Crippen molar-refractivity contribution in [1.82, 2.24) is 0 Å². The van der Waals surface area contributed by atoms with Crippen molar-refractivity contribution in [2.75, 3.05) is 6.54 Å². The Morgan fingerprint density at radius 3 is 2.45 bits per heavy atom. The fourth-order valence-corrected chi connectivity index (χ4v) is 3.17. The van der Waals surface area contributed by atoms with Crippen molar-refractivity contribution in [2.45, 2.75) is 61.3 Å². The third-order valence-electron chi connectivity index (χ3n) is 4.30. The summed E-state index contributed by atoms with van der Waals surface area (Å²) in [7, 11) is 0. The molecule has 1 aliphatic rings. The first-order valence-electron chi connectivity index (χ1n) is 7.47. The molecule has 0 saturated heterocycles. The SMILES string of the molecule is CC1=C([NH+](CC#N)C(=O)C(C)(C)C)CC(C)(C)CC1C. The molecule has 3 heteroatoms. The van der Waals surface area contributed by atoms with Crippen LogP contribution < -0.4 is 4.90 Å². The maximum Gasteiger partial charge on any atom is 0.322 e. The van der Waals surface area contributed by atoms with Gasteiger partial charge in [0, 0.05) is 6.42 Å². The van der Waals surface area contributed by atoms with Crippen molar-refractivity contribution >= 4 is 5.91 Å². The van der Waals surface area contributed by atoms with Crippen LogP contribution in [0.5, 0.6) is 0 Å². The summed E-state index contributed by atoms with van der Waals surface area (Å²) in [6.45, 7) is 14.9. The number of amides is 1. The normalized spacial score (nSPS) is 24.2. The lowest BCUT2D eigenvalue weighted by molar-refractivity contribution is -0.777. The number of nitriles is 1. The van der Waals surface area contributed by atoms with Crippen LogP contribution in [0.4, 0.5) is 0 Å². The van der Waals surface area contributed by atoms with Gasteiger partial charge >= 0.3 is 5.91 Å². The maximum absolute atomic E-state index is 12.7. The Labute approximate surface area is 123 Å². The minimum Gasteiger partial charge on any atom is -0.231 e. The molecule has 1 rings (SSSR count). The molecule has 20 heavy (non-hydrogen) atoms. The van der Waals surface area contributed by atoms with E-state index in [-0.39, 0.29) is 17.9 Å². The highest BCUT2D eigenvalue weighted by molar-refractivity contribution is 5.73. The number of nitrogens with zero attached hydrogens (tertiary/aromatic N) is 1. The second-order valence-electron chi connectivity index (χ2n) is 8.00. The quantitative estimate of drug-likeness (QED) is 0.789. The topological polar surface area (TPSA) is 45.3 Å². The molecule has 112 valence electrons. The van der Waals surface area contributed by atoms with Crippen LogP contribution in [-0.4, -0.2) is 12.5 Å². The number of rotatable bonds is 2. The first-order valence-corrected chi connectivity index (χ1v) is 7.47. The number of hydrogen-bond acceptors (Lipinski definition) is 2. The van der Waals surface area contributed by atoms with E-state index in [9.17, 15) is 4.79 Å². The van der Waals surface area contributed by atoms with Crippen LogP contribution in [0.1, 0.15) is 61.3 Å². The summed E-state index contributed by atoms with van der Waals surface area (Å²) in [6.07, 6.45) is 2.05. The number of carbonyl (C=O) groups excluding carboxylic acids is 1. The molecule has 0 aliphatic heterocycles. The number of quaternary nitrogens is 1. The summed E-state index contributed by atoms with van der Waals surface area (Å²) in [5, 5.41) is 9.12. The molecule has 0 saturated carbocycles. The van der Waals surface area contributed by atoms with Crippen molar-refractivity contribution in [3.63, 3.8) is 0 Å². The Morgan fingerprint density at radius 2 is 2.00 bits per heavy atom. The van der Waals surface area contributed by atoms with Gasteiger partial charge in [-0.1, -0.05) is 20.8 Å². The van der Waals surface area contributed by atoms with Crippen LogP contribution in [-0.2, 0) is 4.79 Å². The zero-order chi connectivity index (χ0) is 15.7. The van der Waals surface area contributed by atoms with Crippen LogP contribution >= 0.6 is 0 Å². The van der Waals surface area contributed by atoms with Gasteiger partial charge in [0.1, 0.15) is 11.8 Å². The fourth-order valence-electron chi connectivity index (χ4n) is 3.17. The summed E-state index contributed by atoms with van der Waals surface area (Å²) in [5.74, 6) is 0.605. The van der Waals surface area contributed by atoms with Crippen LogP contribution in [0, 0.1) is 28.1 Å². The highest BCUT2D eigenvalue weighted by Gasteiger charge is 2.41. The van der Waals surface area contributed by atoms with Crippen LogP contribution in [0.25, 0.3) is 0 Å². The van der Waals surface area contributed by atoms with Gasteiger partial charge in [-0.25, -0.2) is 9.69 Å². The Bertz CT molecular complexity index is 460. The van der Waals surface area contributed by atoms with Gasteiger partial charge < -0.3 is 0 Å². The molecule has 1 amide bonds. The van der Waals surface area contributed by atoms with E-state index >= 15 is 0 Å². The molecule has 0 fully saturated rings. The molecule has 3 nitrogen and oxygen atoms in total. The number of allylic oxidation sites excluding steroid dienone is 2. The number of hydrogen-bond donors (Lipinski definition) is 1. The molecule has 0 aromatic heterocycles. The Morgan fingerprint density at radius 1 is 1.45 bits per heavy atom. The van der Waals surface area contributed by atoms with E-state index in [1.165, 1.54) is 5.57 Å². The van der Waals surface area contributed by atoms with Crippen LogP contribution in [0.3, 0.4) is 0 Å². The molecule has 0 heterocycles. The van der Waals surface area contributed by atoms with E-state index < -0.39 is 5.41 Å². The van der Waals surface area contributed by atoms with Gasteiger partial charge in [-0.05, 0) is 51.0 Å². The first-order chi connectivity index (χ1) is 8.99. The summed E-state index contributed by atoms with van der Waals surface area (Å²) in [6, 6.07) is 2.19. The molecule has 0 aromatic carbocycles. The zero-order valence-corrected chi connectivity index (χ0v) is 14.1. The lowest BCUT2D eigenvalue weighted by Crippen LogP contribution is -3.14. The van der Waals surface area contributed by atoms with E-state index in [2.05, 4.69) is 33.8 Å². The zero-order valence-electron chi connectivity index (χ0n) is 14.1. The van der Waals surface area contributed by atoms with Gasteiger partial charge in [0.15, 0.2) is 6.54 Å². The van der Waals surface area contributed by atoms with Crippen molar-refractivity contribution in [1.29, 1.82) is 5.26 Å². The van der Waals surface area contributed by atoms with Crippen molar-refractivity contribution in [3.05, 3.63) is 11.3 Å². The van der Waals surface area contributed by atoms with Gasteiger partial charge in [-0.2, -0.15) is 5.26 Å². The molecule has 0 aromatic rings. The van der Waals surface area contributed by atoms with E-state index in [0.29, 0.717) is 5.92 Å². The lowest BCUT2D eigenvalue weighted by atomic mass is 9.71.